The van der Waals surface area contributed by atoms with Crippen molar-refractivity contribution in [1.29, 1.82) is 0 Å². The zero-order chi connectivity index (χ0) is 12.3. The first kappa shape index (κ1) is 12.3. The van der Waals surface area contributed by atoms with Gasteiger partial charge < -0.3 is 10.1 Å². The number of nitrogens with one attached hydrogen (secondary N) is 1. The fourth-order valence-corrected chi connectivity index (χ4v) is 2.20. The molecule has 0 spiro atoms. The second-order valence-electron chi connectivity index (χ2n) is 3.26. The maximum Gasteiger partial charge on any atom is 0.232 e. The molecule has 0 unspecified atom stereocenters. The van der Waals surface area contributed by atoms with Gasteiger partial charge in [-0.2, -0.15) is 4.98 Å². The minimum atomic E-state index is 0.511. The minimum Gasteiger partial charge on any atom is -0.480 e. The zero-order valence-electron chi connectivity index (χ0n) is 9.40. The van der Waals surface area contributed by atoms with Crippen molar-refractivity contribution < 1.29 is 4.74 Å². The Morgan fingerprint density at radius 3 is 2.94 bits per heavy atom. The van der Waals surface area contributed by atoms with Crippen LogP contribution in [0.5, 0.6) is 5.88 Å². The van der Waals surface area contributed by atoms with Crippen molar-refractivity contribution in [1.82, 2.24) is 15.0 Å². The number of nitrogens with zero attached hydrogens (tertiary/aromatic N) is 3. The lowest BCUT2D eigenvalue weighted by Crippen LogP contribution is -2.04. The molecule has 2 heterocycles. The minimum absolute atomic E-state index is 0.511. The first-order valence-electron chi connectivity index (χ1n) is 4.90. The van der Waals surface area contributed by atoms with E-state index in [9.17, 15) is 0 Å². The van der Waals surface area contributed by atoms with Gasteiger partial charge >= 0.3 is 0 Å². The van der Waals surface area contributed by atoms with Gasteiger partial charge in [-0.15, -0.1) is 11.3 Å². The van der Waals surface area contributed by atoms with Crippen LogP contribution in [0.4, 0.5) is 5.95 Å². The summed E-state index contributed by atoms with van der Waals surface area (Å²) in [6.45, 7) is 2.59. The Balaban J connectivity index is 2.04. The van der Waals surface area contributed by atoms with E-state index in [0.717, 1.165) is 15.2 Å². The molecule has 0 fully saturated rings. The predicted octanol–water partition coefficient (Wildman–Crippen LogP) is 2.62. The monoisotopic (exact) mass is 314 g/mol. The fourth-order valence-electron chi connectivity index (χ4n) is 1.24. The lowest BCUT2D eigenvalue weighted by Gasteiger charge is -2.05. The van der Waals surface area contributed by atoms with Crippen molar-refractivity contribution in [3.8, 4) is 5.88 Å². The van der Waals surface area contributed by atoms with E-state index in [2.05, 4.69) is 36.2 Å². The quantitative estimate of drug-likeness (QED) is 0.940. The van der Waals surface area contributed by atoms with Crippen LogP contribution in [0.25, 0.3) is 0 Å². The zero-order valence-corrected chi connectivity index (χ0v) is 11.8. The van der Waals surface area contributed by atoms with Gasteiger partial charge in [-0.25, -0.2) is 9.97 Å². The van der Waals surface area contributed by atoms with E-state index >= 15 is 0 Å². The van der Waals surface area contributed by atoms with Crippen LogP contribution in [0.2, 0.25) is 0 Å². The Bertz CT molecular complexity index is 517. The average Bonchev–Trinajstić information content (AvgIpc) is 2.74. The Hall–Kier alpha value is -1.21. The van der Waals surface area contributed by atoms with Gasteiger partial charge in [0.05, 0.1) is 35.0 Å². The van der Waals surface area contributed by atoms with Crippen molar-refractivity contribution in [3.05, 3.63) is 26.8 Å². The second-order valence-corrected chi connectivity index (χ2v) is 5.18. The van der Waals surface area contributed by atoms with Crippen LogP contribution in [-0.4, -0.2) is 22.1 Å². The summed E-state index contributed by atoms with van der Waals surface area (Å²) in [6, 6.07) is 0. The van der Waals surface area contributed by atoms with Gasteiger partial charge in [0, 0.05) is 5.38 Å². The Morgan fingerprint density at radius 2 is 2.29 bits per heavy atom. The third-order valence-corrected chi connectivity index (χ3v) is 3.37. The highest BCUT2D eigenvalue weighted by molar-refractivity contribution is 9.10. The highest BCUT2D eigenvalue weighted by Crippen LogP contribution is 2.22. The summed E-state index contributed by atoms with van der Waals surface area (Å²) in [5, 5.41) is 6.16. The molecule has 0 aromatic carbocycles. The molecule has 90 valence electrons. The summed E-state index contributed by atoms with van der Waals surface area (Å²) in [4.78, 5) is 12.7. The Labute approximate surface area is 111 Å². The van der Waals surface area contributed by atoms with Crippen LogP contribution in [-0.2, 0) is 6.54 Å². The van der Waals surface area contributed by atoms with Crippen LogP contribution in [0.15, 0.2) is 16.0 Å². The standard InChI is InChI=1S/C10H11BrN4OS/c1-6-14-7(5-17-6)3-12-10-13-4-8(11)9(15-10)16-2/h4-5H,3H2,1-2H3,(H,12,13,15). The Morgan fingerprint density at radius 1 is 1.47 bits per heavy atom. The smallest absolute Gasteiger partial charge is 0.232 e. The predicted molar refractivity (Wildman–Crippen MR) is 70.5 cm³/mol. The lowest BCUT2D eigenvalue weighted by atomic mass is 10.5. The highest BCUT2D eigenvalue weighted by atomic mass is 79.9. The van der Waals surface area contributed by atoms with Crippen LogP contribution in [0.1, 0.15) is 10.7 Å². The largest absolute Gasteiger partial charge is 0.480 e. The van der Waals surface area contributed by atoms with E-state index < -0.39 is 0 Å². The summed E-state index contributed by atoms with van der Waals surface area (Å²) in [5.41, 5.74) is 0.984. The number of anilines is 1. The van der Waals surface area contributed by atoms with Gasteiger partial charge in [0.2, 0.25) is 11.8 Å². The molecule has 0 radical (unpaired) electrons. The van der Waals surface area contributed by atoms with Crippen molar-refractivity contribution >= 4 is 33.2 Å². The SMILES string of the molecule is COc1nc(NCc2csc(C)n2)ncc1Br. The molecular formula is C10H11BrN4OS. The number of rotatable bonds is 4. The molecule has 2 aromatic rings. The van der Waals surface area contributed by atoms with Crippen molar-refractivity contribution in [2.24, 2.45) is 0 Å². The van der Waals surface area contributed by atoms with Crippen LogP contribution < -0.4 is 10.1 Å². The van der Waals surface area contributed by atoms with E-state index in [4.69, 9.17) is 4.74 Å². The molecule has 5 nitrogen and oxygen atoms in total. The fraction of sp³-hybridized carbons (Fsp3) is 0.300. The van der Waals surface area contributed by atoms with Gasteiger partial charge in [0.1, 0.15) is 0 Å². The number of halogens is 1. The van der Waals surface area contributed by atoms with Gasteiger partial charge in [-0.05, 0) is 22.9 Å². The van der Waals surface area contributed by atoms with E-state index in [1.54, 1.807) is 24.6 Å². The van der Waals surface area contributed by atoms with Crippen molar-refractivity contribution in [2.75, 3.05) is 12.4 Å². The van der Waals surface area contributed by atoms with Crippen molar-refractivity contribution in [2.45, 2.75) is 13.5 Å². The molecule has 1 N–H and O–H groups in total. The van der Waals surface area contributed by atoms with E-state index in [-0.39, 0.29) is 0 Å². The maximum absolute atomic E-state index is 5.09. The van der Waals surface area contributed by atoms with Crippen LogP contribution in [0.3, 0.4) is 0 Å². The topological polar surface area (TPSA) is 59.9 Å². The molecule has 0 bridgehead atoms. The molecule has 2 aromatic heterocycles. The maximum atomic E-state index is 5.09. The molecule has 0 atom stereocenters. The number of thiazole rings is 1. The third-order valence-electron chi connectivity index (χ3n) is 2.00. The summed E-state index contributed by atoms with van der Waals surface area (Å²) in [5.74, 6) is 1.03. The van der Waals surface area contributed by atoms with Gasteiger partial charge in [-0.3, -0.25) is 0 Å². The molecule has 0 saturated heterocycles. The normalized spacial score (nSPS) is 10.3. The van der Waals surface area contributed by atoms with E-state index in [1.165, 1.54) is 0 Å². The number of hydrogen-bond donors (Lipinski definition) is 1. The van der Waals surface area contributed by atoms with Gasteiger partial charge in [0.25, 0.3) is 0 Å². The number of methoxy groups -OCH3 is 1. The number of ether oxygens (including phenoxy) is 1. The summed E-state index contributed by atoms with van der Waals surface area (Å²) < 4.78 is 5.82. The lowest BCUT2D eigenvalue weighted by molar-refractivity contribution is 0.394. The van der Waals surface area contributed by atoms with Crippen LogP contribution in [0, 0.1) is 6.92 Å². The molecule has 7 heteroatoms. The number of hydrogen-bond acceptors (Lipinski definition) is 6. The summed E-state index contributed by atoms with van der Waals surface area (Å²) >= 11 is 4.93. The molecule has 0 aliphatic carbocycles. The molecule has 0 aliphatic heterocycles. The third kappa shape index (κ3) is 3.13. The Kier molecular flexibility index (Phi) is 3.90. The molecule has 0 aliphatic rings. The number of aryl methyl sites for hydroxylation is 1. The summed E-state index contributed by atoms with van der Waals surface area (Å²) in [6.07, 6.45) is 1.65. The second kappa shape index (κ2) is 5.42. The van der Waals surface area contributed by atoms with Gasteiger partial charge in [-0.1, -0.05) is 0 Å². The molecular weight excluding hydrogens is 304 g/mol. The van der Waals surface area contributed by atoms with E-state index in [1.807, 2.05) is 12.3 Å². The molecule has 0 saturated carbocycles. The number of aromatic nitrogens is 3. The molecule has 17 heavy (non-hydrogen) atoms. The first-order valence-corrected chi connectivity index (χ1v) is 6.57. The highest BCUT2D eigenvalue weighted by Gasteiger charge is 2.05. The van der Waals surface area contributed by atoms with E-state index in [0.29, 0.717) is 18.4 Å². The van der Waals surface area contributed by atoms with Crippen LogP contribution >= 0.6 is 27.3 Å². The van der Waals surface area contributed by atoms with Gasteiger partial charge in [0.15, 0.2) is 0 Å². The van der Waals surface area contributed by atoms with Crippen molar-refractivity contribution in [3.63, 3.8) is 0 Å². The average molecular weight is 315 g/mol. The molecule has 2 rings (SSSR count). The first-order chi connectivity index (χ1) is 8.19. The summed E-state index contributed by atoms with van der Waals surface area (Å²) in [7, 11) is 1.57. The molecule has 0 amide bonds.